The van der Waals surface area contributed by atoms with Crippen molar-refractivity contribution in [3.63, 3.8) is 0 Å². The molecular formula is C19H21N5O2. The maximum Gasteiger partial charge on any atom is 0.274 e. The molecule has 2 amide bonds. The Bertz CT molecular complexity index is 907. The summed E-state index contributed by atoms with van der Waals surface area (Å²) < 4.78 is 1.64. The third kappa shape index (κ3) is 2.16. The molecule has 7 nitrogen and oxygen atoms in total. The molecule has 0 radical (unpaired) electrons. The Morgan fingerprint density at radius 1 is 1.23 bits per heavy atom. The van der Waals surface area contributed by atoms with Crippen LogP contribution in [0.4, 0.5) is 5.69 Å². The third-order valence-corrected chi connectivity index (χ3v) is 6.07. The van der Waals surface area contributed by atoms with Crippen molar-refractivity contribution < 1.29 is 9.59 Å². The molecule has 2 aliphatic heterocycles. The summed E-state index contributed by atoms with van der Waals surface area (Å²) in [6, 6.07) is 9.36. The van der Waals surface area contributed by atoms with Crippen LogP contribution in [-0.4, -0.2) is 45.2 Å². The molecule has 1 aromatic carbocycles. The molecule has 26 heavy (non-hydrogen) atoms. The number of nitrogens with one attached hydrogen (secondary N) is 2. The van der Waals surface area contributed by atoms with E-state index in [2.05, 4.69) is 15.7 Å². The van der Waals surface area contributed by atoms with E-state index >= 15 is 0 Å². The second kappa shape index (κ2) is 5.33. The second-order valence-electron chi connectivity index (χ2n) is 7.59. The van der Waals surface area contributed by atoms with Gasteiger partial charge in [0.05, 0.1) is 5.56 Å². The lowest BCUT2D eigenvalue weighted by Crippen LogP contribution is -2.61. The average molecular weight is 351 g/mol. The molecule has 3 aliphatic rings. The van der Waals surface area contributed by atoms with Crippen LogP contribution in [0.15, 0.2) is 36.5 Å². The number of likely N-dealkylation sites (tertiary alicyclic amines) is 1. The first kappa shape index (κ1) is 15.4. The summed E-state index contributed by atoms with van der Waals surface area (Å²) in [6.07, 6.45) is 3.66. The first-order valence-corrected chi connectivity index (χ1v) is 9.04. The molecule has 5 rings (SSSR count). The largest absolute Gasteiger partial charge is 0.362 e. The van der Waals surface area contributed by atoms with Crippen molar-refractivity contribution in [2.24, 2.45) is 18.9 Å². The quantitative estimate of drug-likeness (QED) is 0.815. The van der Waals surface area contributed by atoms with Gasteiger partial charge in [-0.2, -0.15) is 5.10 Å². The maximum absolute atomic E-state index is 12.8. The minimum atomic E-state index is -0.463. The topological polar surface area (TPSA) is 79.3 Å². The first-order chi connectivity index (χ1) is 12.6. The van der Waals surface area contributed by atoms with Crippen LogP contribution in [-0.2, 0) is 7.05 Å². The third-order valence-electron chi connectivity index (χ3n) is 6.07. The monoisotopic (exact) mass is 351 g/mol. The van der Waals surface area contributed by atoms with Gasteiger partial charge in [0.15, 0.2) is 0 Å². The highest BCUT2D eigenvalue weighted by Gasteiger charge is 2.55. The van der Waals surface area contributed by atoms with E-state index in [1.165, 1.54) is 0 Å². The van der Waals surface area contributed by atoms with Crippen molar-refractivity contribution in [2.75, 3.05) is 18.4 Å². The molecule has 3 heterocycles. The van der Waals surface area contributed by atoms with Gasteiger partial charge >= 0.3 is 0 Å². The lowest BCUT2D eigenvalue weighted by atomic mass is 9.89. The van der Waals surface area contributed by atoms with Gasteiger partial charge in [-0.15, -0.1) is 0 Å². The smallest absolute Gasteiger partial charge is 0.274 e. The van der Waals surface area contributed by atoms with E-state index < -0.39 is 5.66 Å². The van der Waals surface area contributed by atoms with Crippen molar-refractivity contribution in [3.8, 4) is 0 Å². The number of benzene rings is 1. The highest BCUT2D eigenvalue weighted by molar-refractivity contribution is 6.02. The predicted molar refractivity (Wildman–Crippen MR) is 95.6 cm³/mol. The van der Waals surface area contributed by atoms with Crippen LogP contribution in [0.1, 0.15) is 33.7 Å². The Kier molecular flexibility index (Phi) is 3.16. The molecule has 3 atom stereocenters. The fourth-order valence-electron chi connectivity index (χ4n) is 4.82. The SMILES string of the molecule is Cn1ccc(C(=O)N2C[C@H]3CC[C@]4(NC(=O)c5ccccc5N4)[C@H]3C2)n1. The fraction of sp³-hybridized carbons (Fsp3) is 0.421. The van der Waals surface area contributed by atoms with Crippen molar-refractivity contribution in [1.29, 1.82) is 0 Å². The number of carbonyl (C=O) groups excluding carboxylic acids is 2. The number of hydrogen-bond donors (Lipinski definition) is 2. The molecule has 1 aromatic heterocycles. The zero-order valence-electron chi connectivity index (χ0n) is 14.6. The number of rotatable bonds is 1. The molecule has 0 unspecified atom stereocenters. The number of aryl methyl sites for hydroxylation is 1. The van der Waals surface area contributed by atoms with Crippen LogP contribution < -0.4 is 10.6 Å². The van der Waals surface area contributed by atoms with E-state index in [-0.39, 0.29) is 17.7 Å². The van der Waals surface area contributed by atoms with E-state index in [0.29, 0.717) is 23.7 Å². The highest BCUT2D eigenvalue weighted by atomic mass is 16.2. The first-order valence-electron chi connectivity index (χ1n) is 9.04. The van der Waals surface area contributed by atoms with Crippen molar-refractivity contribution in [2.45, 2.75) is 18.5 Å². The maximum atomic E-state index is 12.8. The van der Waals surface area contributed by atoms with Crippen molar-refractivity contribution in [3.05, 3.63) is 47.8 Å². The molecule has 2 aromatic rings. The summed E-state index contributed by atoms with van der Waals surface area (Å²) in [5.74, 6) is 0.528. The lowest BCUT2D eigenvalue weighted by Gasteiger charge is -2.41. The number of fused-ring (bicyclic) bond motifs is 3. The number of hydrogen-bond acceptors (Lipinski definition) is 4. The minimum absolute atomic E-state index is 0.0299. The van der Waals surface area contributed by atoms with Crippen LogP contribution in [0.25, 0.3) is 0 Å². The van der Waals surface area contributed by atoms with E-state index in [9.17, 15) is 9.59 Å². The summed E-state index contributed by atoms with van der Waals surface area (Å²) in [5.41, 5.74) is 1.58. The number of carbonyl (C=O) groups is 2. The molecule has 7 heteroatoms. The molecule has 2 fully saturated rings. The van der Waals surface area contributed by atoms with Gasteiger partial charge in [0, 0.05) is 37.9 Å². The zero-order valence-corrected chi connectivity index (χ0v) is 14.6. The molecule has 1 saturated carbocycles. The average Bonchev–Trinajstić information content (AvgIpc) is 3.32. The van der Waals surface area contributed by atoms with Gasteiger partial charge in [0.2, 0.25) is 0 Å². The number of nitrogens with zero attached hydrogens (tertiary/aromatic N) is 3. The van der Waals surface area contributed by atoms with Crippen LogP contribution in [0, 0.1) is 11.8 Å². The molecule has 2 N–H and O–H groups in total. The molecule has 1 saturated heterocycles. The molecule has 134 valence electrons. The Labute approximate surface area is 151 Å². The van der Waals surface area contributed by atoms with Gasteiger partial charge in [0.1, 0.15) is 11.4 Å². The summed E-state index contributed by atoms with van der Waals surface area (Å²) in [6.45, 7) is 1.36. The van der Waals surface area contributed by atoms with Crippen LogP contribution in [0.5, 0.6) is 0 Å². The van der Waals surface area contributed by atoms with E-state index in [1.807, 2.05) is 36.2 Å². The number of amides is 2. The number of anilines is 1. The Balaban J connectivity index is 1.41. The van der Waals surface area contributed by atoms with Crippen LogP contribution in [0.2, 0.25) is 0 Å². The zero-order chi connectivity index (χ0) is 17.9. The fourth-order valence-corrected chi connectivity index (χ4v) is 4.82. The van der Waals surface area contributed by atoms with Crippen molar-refractivity contribution >= 4 is 17.5 Å². The lowest BCUT2D eigenvalue weighted by molar-refractivity contribution is 0.0761. The second-order valence-corrected chi connectivity index (χ2v) is 7.59. The summed E-state index contributed by atoms with van der Waals surface area (Å²) in [4.78, 5) is 27.3. The van der Waals surface area contributed by atoms with E-state index in [1.54, 1.807) is 16.9 Å². The number of para-hydroxylation sites is 1. The minimum Gasteiger partial charge on any atom is -0.362 e. The highest BCUT2D eigenvalue weighted by Crippen LogP contribution is 2.47. The number of aromatic nitrogens is 2. The van der Waals surface area contributed by atoms with Gasteiger partial charge < -0.3 is 15.5 Å². The Morgan fingerprint density at radius 3 is 2.88 bits per heavy atom. The standard InChI is InChI=1S/C19H21N5O2/c1-23-9-7-16(22-23)18(26)24-10-12-6-8-19(14(12)11-24)20-15-5-3-2-4-13(15)17(25)21-19/h2-5,7,9,12,14,20H,6,8,10-11H2,1H3,(H,21,25)/t12-,14+,19+/m1/s1. The van der Waals surface area contributed by atoms with Gasteiger partial charge in [-0.05, 0) is 37.0 Å². The molecule has 1 aliphatic carbocycles. The normalized spacial score (nSPS) is 29.3. The van der Waals surface area contributed by atoms with E-state index in [4.69, 9.17) is 0 Å². The summed E-state index contributed by atoms with van der Waals surface area (Å²) >= 11 is 0. The van der Waals surface area contributed by atoms with Crippen LogP contribution >= 0.6 is 0 Å². The molecular weight excluding hydrogens is 330 g/mol. The van der Waals surface area contributed by atoms with Gasteiger partial charge in [-0.1, -0.05) is 12.1 Å². The van der Waals surface area contributed by atoms with Gasteiger partial charge in [0.25, 0.3) is 11.8 Å². The molecule has 1 spiro atoms. The van der Waals surface area contributed by atoms with Gasteiger partial charge in [-0.25, -0.2) is 0 Å². The van der Waals surface area contributed by atoms with Crippen molar-refractivity contribution in [1.82, 2.24) is 20.0 Å². The molecule has 0 bridgehead atoms. The van der Waals surface area contributed by atoms with E-state index in [0.717, 1.165) is 25.1 Å². The Morgan fingerprint density at radius 2 is 2.08 bits per heavy atom. The predicted octanol–water partition coefficient (Wildman–Crippen LogP) is 1.45. The summed E-state index contributed by atoms with van der Waals surface area (Å²) in [5, 5.41) is 11.0. The summed E-state index contributed by atoms with van der Waals surface area (Å²) in [7, 11) is 1.81. The van der Waals surface area contributed by atoms with Gasteiger partial charge in [-0.3, -0.25) is 14.3 Å². The Hall–Kier alpha value is -2.83. The van der Waals surface area contributed by atoms with Crippen LogP contribution in [0.3, 0.4) is 0 Å².